The molecule has 0 radical (unpaired) electrons. The zero-order valence-corrected chi connectivity index (χ0v) is 9.64. The molecule has 0 aliphatic heterocycles. The molecule has 5 nitrogen and oxygen atoms in total. The van der Waals surface area contributed by atoms with Crippen molar-refractivity contribution >= 4 is 21.6 Å². The SMILES string of the molecule is C[C@H](O)[C@H](N)c1ccc(Br)c([N+](=O)[O-])c1. The van der Waals surface area contributed by atoms with Crippen LogP contribution in [-0.2, 0) is 0 Å². The summed E-state index contributed by atoms with van der Waals surface area (Å²) in [5.74, 6) is 0. The van der Waals surface area contributed by atoms with Gasteiger partial charge in [0.2, 0.25) is 0 Å². The Hall–Kier alpha value is -0.980. The van der Waals surface area contributed by atoms with Crippen molar-refractivity contribution in [3.05, 3.63) is 38.3 Å². The van der Waals surface area contributed by atoms with E-state index in [1.54, 1.807) is 19.1 Å². The number of halogens is 1. The van der Waals surface area contributed by atoms with Crippen molar-refractivity contribution in [3.8, 4) is 0 Å². The maximum Gasteiger partial charge on any atom is 0.283 e. The molecule has 1 aromatic carbocycles. The third-order valence-corrected chi connectivity index (χ3v) is 2.74. The number of benzene rings is 1. The fourth-order valence-electron chi connectivity index (χ4n) is 1.16. The zero-order valence-electron chi connectivity index (χ0n) is 8.05. The molecule has 0 saturated carbocycles. The smallest absolute Gasteiger partial charge is 0.283 e. The van der Waals surface area contributed by atoms with Crippen molar-refractivity contribution in [1.29, 1.82) is 0 Å². The molecule has 0 heterocycles. The highest BCUT2D eigenvalue weighted by Crippen LogP contribution is 2.28. The van der Waals surface area contributed by atoms with E-state index < -0.39 is 17.1 Å². The lowest BCUT2D eigenvalue weighted by Gasteiger charge is -2.14. The third-order valence-electron chi connectivity index (χ3n) is 2.07. The van der Waals surface area contributed by atoms with Gasteiger partial charge in [-0.2, -0.15) is 0 Å². The van der Waals surface area contributed by atoms with Gasteiger partial charge in [0.15, 0.2) is 0 Å². The summed E-state index contributed by atoms with van der Waals surface area (Å²) in [7, 11) is 0. The number of hydrogen-bond acceptors (Lipinski definition) is 4. The number of aliphatic hydroxyl groups excluding tert-OH is 1. The monoisotopic (exact) mass is 274 g/mol. The largest absolute Gasteiger partial charge is 0.391 e. The van der Waals surface area contributed by atoms with Gasteiger partial charge < -0.3 is 10.8 Å². The minimum Gasteiger partial charge on any atom is -0.391 e. The molecule has 0 fully saturated rings. The molecule has 0 aliphatic carbocycles. The van der Waals surface area contributed by atoms with E-state index >= 15 is 0 Å². The minimum atomic E-state index is -0.745. The first kappa shape index (κ1) is 12.1. The summed E-state index contributed by atoms with van der Waals surface area (Å²) in [5, 5.41) is 19.9. The quantitative estimate of drug-likeness (QED) is 0.649. The molecule has 0 amide bonds. The molecule has 0 bridgehead atoms. The van der Waals surface area contributed by atoms with Gasteiger partial charge >= 0.3 is 0 Å². The van der Waals surface area contributed by atoms with Crippen molar-refractivity contribution in [2.45, 2.75) is 19.1 Å². The van der Waals surface area contributed by atoms with Crippen molar-refractivity contribution in [1.82, 2.24) is 0 Å². The Morgan fingerprint density at radius 2 is 2.20 bits per heavy atom. The van der Waals surface area contributed by atoms with Crippen LogP contribution in [0.15, 0.2) is 22.7 Å². The molecule has 0 aliphatic rings. The van der Waals surface area contributed by atoms with E-state index in [0.717, 1.165) is 0 Å². The number of nitrogens with zero attached hydrogens (tertiary/aromatic N) is 1. The van der Waals surface area contributed by atoms with Gasteiger partial charge in [-0.25, -0.2) is 0 Å². The van der Waals surface area contributed by atoms with Crippen LogP contribution < -0.4 is 5.73 Å². The van der Waals surface area contributed by atoms with Crippen molar-refractivity contribution in [3.63, 3.8) is 0 Å². The van der Waals surface area contributed by atoms with Crippen LogP contribution in [0.1, 0.15) is 18.5 Å². The summed E-state index contributed by atoms with van der Waals surface area (Å²) < 4.78 is 0.397. The molecule has 2 atom stereocenters. The van der Waals surface area contributed by atoms with Crippen LogP contribution in [0.25, 0.3) is 0 Å². The Labute approximate surface area is 95.2 Å². The summed E-state index contributed by atoms with van der Waals surface area (Å²) in [4.78, 5) is 10.1. The molecule has 1 aromatic rings. The van der Waals surface area contributed by atoms with E-state index in [1.807, 2.05) is 0 Å². The highest BCUT2D eigenvalue weighted by molar-refractivity contribution is 9.10. The van der Waals surface area contributed by atoms with Crippen molar-refractivity contribution < 1.29 is 10.0 Å². The summed E-state index contributed by atoms with van der Waals surface area (Å²) >= 11 is 3.07. The number of hydrogen-bond donors (Lipinski definition) is 2. The lowest BCUT2D eigenvalue weighted by Crippen LogP contribution is -2.23. The van der Waals surface area contributed by atoms with Crippen LogP contribution in [0.4, 0.5) is 5.69 Å². The maximum atomic E-state index is 10.6. The molecule has 3 N–H and O–H groups in total. The topological polar surface area (TPSA) is 89.4 Å². The zero-order chi connectivity index (χ0) is 11.6. The van der Waals surface area contributed by atoms with Crippen LogP contribution in [0.3, 0.4) is 0 Å². The molecule has 0 spiro atoms. The summed E-state index contributed by atoms with van der Waals surface area (Å²) in [6.07, 6.45) is -0.745. The molecule has 1 rings (SSSR count). The summed E-state index contributed by atoms with van der Waals surface area (Å²) in [5.41, 5.74) is 6.16. The van der Waals surface area contributed by atoms with Crippen LogP contribution >= 0.6 is 15.9 Å². The fraction of sp³-hybridized carbons (Fsp3) is 0.333. The van der Waals surface area contributed by atoms with Gasteiger partial charge in [-0.15, -0.1) is 0 Å². The Balaban J connectivity index is 3.13. The minimum absolute atomic E-state index is 0.0522. The van der Waals surface area contributed by atoms with Gasteiger partial charge in [-0.05, 0) is 34.5 Å². The molecule has 82 valence electrons. The Kier molecular flexibility index (Phi) is 3.78. The van der Waals surface area contributed by atoms with E-state index in [2.05, 4.69) is 15.9 Å². The van der Waals surface area contributed by atoms with Gasteiger partial charge in [-0.3, -0.25) is 10.1 Å². The predicted octanol–water partition coefficient (Wildman–Crippen LogP) is 1.74. The predicted molar refractivity (Wildman–Crippen MR) is 59.4 cm³/mol. The van der Waals surface area contributed by atoms with Crippen LogP contribution in [0.2, 0.25) is 0 Å². The van der Waals surface area contributed by atoms with Crippen molar-refractivity contribution in [2.75, 3.05) is 0 Å². The summed E-state index contributed by atoms with van der Waals surface area (Å²) in [6, 6.07) is 3.95. The van der Waals surface area contributed by atoms with Gasteiger partial charge in [0.1, 0.15) is 0 Å². The second-order valence-corrected chi connectivity index (χ2v) is 4.09. The van der Waals surface area contributed by atoms with Crippen molar-refractivity contribution in [2.24, 2.45) is 5.73 Å². The number of nitro benzene ring substituents is 1. The normalized spacial score (nSPS) is 14.7. The van der Waals surface area contributed by atoms with Gasteiger partial charge in [0, 0.05) is 6.07 Å². The highest BCUT2D eigenvalue weighted by atomic mass is 79.9. The molecular formula is C9H11BrN2O3. The molecule has 6 heteroatoms. The van der Waals surface area contributed by atoms with E-state index in [0.29, 0.717) is 10.0 Å². The van der Waals surface area contributed by atoms with Crippen LogP contribution in [0.5, 0.6) is 0 Å². The van der Waals surface area contributed by atoms with Gasteiger partial charge in [-0.1, -0.05) is 6.07 Å². The van der Waals surface area contributed by atoms with Crippen LogP contribution in [0, 0.1) is 10.1 Å². The average Bonchev–Trinajstić information content (AvgIpc) is 2.16. The van der Waals surface area contributed by atoms with E-state index in [9.17, 15) is 15.2 Å². The molecule has 0 aromatic heterocycles. The molecule has 15 heavy (non-hydrogen) atoms. The van der Waals surface area contributed by atoms with Gasteiger partial charge in [0.05, 0.1) is 21.5 Å². The highest BCUT2D eigenvalue weighted by Gasteiger charge is 2.18. The lowest BCUT2D eigenvalue weighted by atomic mass is 10.0. The summed E-state index contributed by atoms with van der Waals surface area (Å²) in [6.45, 7) is 1.54. The number of rotatable bonds is 3. The first-order valence-electron chi connectivity index (χ1n) is 4.31. The lowest BCUT2D eigenvalue weighted by molar-refractivity contribution is -0.385. The Morgan fingerprint density at radius 3 is 2.67 bits per heavy atom. The Bertz CT molecular complexity index is 382. The number of nitrogens with two attached hydrogens (primary N) is 1. The number of nitro groups is 1. The van der Waals surface area contributed by atoms with E-state index in [-0.39, 0.29) is 5.69 Å². The molecule has 0 saturated heterocycles. The maximum absolute atomic E-state index is 10.6. The van der Waals surface area contributed by atoms with E-state index in [4.69, 9.17) is 5.73 Å². The van der Waals surface area contributed by atoms with Crippen LogP contribution in [-0.4, -0.2) is 16.1 Å². The molecule has 0 unspecified atom stereocenters. The standard InChI is InChI=1S/C9H11BrN2O3/c1-5(13)9(11)6-2-3-7(10)8(4-6)12(14)15/h2-5,9,13H,11H2,1H3/t5-,9-/m0/s1. The fourth-order valence-corrected chi connectivity index (χ4v) is 1.55. The average molecular weight is 275 g/mol. The first-order chi connectivity index (χ1) is 6.93. The number of aliphatic hydroxyl groups is 1. The Morgan fingerprint density at radius 1 is 1.60 bits per heavy atom. The van der Waals surface area contributed by atoms with Gasteiger partial charge in [0.25, 0.3) is 5.69 Å². The second-order valence-electron chi connectivity index (χ2n) is 3.23. The molecular weight excluding hydrogens is 264 g/mol. The third kappa shape index (κ3) is 2.74. The van der Waals surface area contributed by atoms with E-state index in [1.165, 1.54) is 6.07 Å². The second kappa shape index (κ2) is 4.69. The first-order valence-corrected chi connectivity index (χ1v) is 5.10.